The molecule has 0 bridgehead atoms. The van der Waals surface area contributed by atoms with Gasteiger partial charge in [-0.2, -0.15) is 0 Å². The lowest BCUT2D eigenvalue weighted by atomic mass is 10.1. The van der Waals surface area contributed by atoms with E-state index in [2.05, 4.69) is 5.32 Å². The zero-order chi connectivity index (χ0) is 20.6. The molecule has 2 aromatic carbocycles. The van der Waals surface area contributed by atoms with Crippen molar-refractivity contribution in [1.82, 2.24) is 0 Å². The second kappa shape index (κ2) is 10.7. The number of hydrogen-bond acceptors (Lipinski definition) is 4. The minimum Gasteiger partial charge on any atom is -0.491 e. The molecule has 2 rings (SSSR count). The number of rotatable bonds is 5. The van der Waals surface area contributed by atoms with Gasteiger partial charge in [-0.1, -0.05) is 36.4 Å². The van der Waals surface area contributed by atoms with Crippen LogP contribution in [0.3, 0.4) is 0 Å². The topological polar surface area (TPSA) is 90.4 Å². The fraction of sp³-hybridized carbons (Fsp3) is 0.409. The molecule has 0 fully saturated rings. The van der Waals surface area contributed by atoms with Crippen molar-refractivity contribution in [3.05, 3.63) is 58.7 Å². The summed E-state index contributed by atoms with van der Waals surface area (Å²) in [5.74, 6) is 0.821. The van der Waals surface area contributed by atoms with Crippen LogP contribution < -0.4 is 21.5 Å². The van der Waals surface area contributed by atoms with Gasteiger partial charge in [0.2, 0.25) is 5.91 Å². The van der Waals surface area contributed by atoms with E-state index in [-0.39, 0.29) is 11.9 Å². The zero-order valence-corrected chi connectivity index (χ0v) is 17.3. The number of ether oxygens (including phenoxy) is 1. The summed E-state index contributed by atoms with van der Waals surface area (Å²) in [6.07, 6.45) is 0. The van der Waals surface area contributed by atoms with Crippen molar-refractivity contribution in [2.75, 3.05) is 11.9 Å². The van der Waals surface area contributed by atoms with Crippen LogP contribution in [-0.2, 0) is 4.79 Å². The molecule has 0 aliphatic rings. The van der Waals surface area contributed by atoms with Crippen molar-refractivity contribution in [1.29, 1.82) is 0 Å². The lowest BCUT2D eigenvalue weighted by molar-refractivity contribution is -0.117. The molecular weight excluding hydrogens is 338 g/mol. The number of carbonyl (C=O) groups is 1. The molecule has 2 atom stereocenters. The lowest BCUT2D eigenvalue weighted by Gasteiger charge is -2.13. The molecule has 0 radical (unpaired) electrons. The summed E-state index contributed by atoms with van der Waals surface area (Å²) < 4.78 is 5.60. The van der Waals surface area contributed by atoms with Gasteiger partial charge in [0.1, 0.15) is 12.4 Å². The number of aryl methyl sites for hydroxylation is 4. The van der Waals surface area contributed by atoms with Crippen LogP contribution in [0.1, 0.15) is 36.1 Å². The van der Waals surface area contributed by atoms with E-state index in [1.54, 1.807) is 6.92 Å². The number of hydrogen-bond donors (Lipinski definition) is 3. The smallest absolute Gasteiger partial charge is 0.241 e. The second-order valence-corrected chi connectivity index (χ2v) is 7.05. The summed E-state index contributed by atoms with van der Waals surface area (Å²) in [5, 5.41) is 2.81. The van der Waals surface area contributed by atoms with Crippen molar-refractivity contribution in [2.45, 2.75) is 53.6 Å². The van der Waals surface area contributed by atoms with E-state index in [1.807, 2.05) is 71.0 Å². The molecule has 0 aliphatic heterocycles. The predicted octanol–water partition coefficient (Wildman–Crippen LogP) is 3.62. The molecule has 2 unspecified atom stereocenters. The fourth-order valence-corrected chi connectivity index (χ4v) is 2.49. The first-order chi connectivity index (χ1) is 12.6. The van der Waals surface area contributed by atoms with E-state index in [9.17, 15) is 4.79 Å². The van der Waals surface area contributed by atoms with Crippen LogP contribution in [-0.4, -0.2) is 24.6 Å². The van der Waals surface area contributed by atoms with Crippen LogP contribution in [0.5, 0.6) is 5.75 Å². The Bertz CT molecular complexity index is 715. The predicted molar refractivity (Wildman–Crippen MR) is 113 cm³/mol. The van der Waals surface area contributed by atoms with Gasteiger partial charge in [-0.05, 0) is 63.8 Å². The Morgan fingerprint density at radius 1 is 0.926 bits per heavy atom. The van der Waals surface area contributed by atoms with E-state index in [0.29, 0.717) is 6.61 Å². The standard InChI is InChI=1S/C11H16N2O.C11H17NO/c1-7-5-4-6-8(2)10(7)13-11(14)9(3)12;1-8-5-4-6-9(2)11(8)13-7-10(3)12/h4-6,9H,12H2,1-3H3,(H,13,14);4-6,10H,7,12H2,1-3H3. The van der Waals surface area contributed by atoms with Crippen LogP contribution in [0.15, 0.2) is 36.4 Å². The fourth-order valence-electron chi connectivity index (χ4n) is 2.49. The van der Waals surface area contributed by atoms with Gasteiger partial charge < -0.3 is 21.5 Å². The second-order valence-electron chi connectivity index (χ2n) is 7.05. The molecule has 5 N–H and O–H groups in total. The highest BCUT2D eigenvalue weighted by Crippen LogP contribution is 2.22. The third-order valence-electron chi connectivity index (χ3n) is 4.04. The van der Waals surface area contributed by atoms with Gasteiger partial charge in [0.25, 0.3) is 0 Å². The molecule has 148 valence electrons. The molecule has 0 saturated carbocycles. The summed E-state index contributed by atoms with van der Waals surface area (Å²) in [7, 11) is 0. The first-order valence-electron chi connectivity index (χ1n) is 9.20. The van der Waals surface area contributed by atoms with Crippen molar-refractivity contribution < 1.29 is 9.53 Å². The van der Waals surface area contributed by atoms with Crippen LogP contribution in [0, 0.1) is 27.7 Å². The first-order valence-corrected chi connectivity index (χ1v) is 9.20. The molecule has 0 aliphatic carbocycles. The van der Waals surface area contributed by atoms with Crippen molar-refractivity contribution >= 4 is 11.6 Å². The number of amides is 1. The minimum absolute atomic E-state index is 0.0824. The van der Waals surface area contributed by atoms with Gasteiger partial charge in [-0.25, -0.2) is 0 Å². The Morgan fingerprint density at radius 3 is 1.78 bits per heavy atom. The van der Waals surface area contributed by atoms with Crippen LogP contribution in [0.2, 0.25) is 0 Å². The monoisotopic (exact) mass is 371 g/mol. The highest BCUT2D eigenvalue weighted by molar-refractivity contribution is 5.95. The van der Waals surface area contributed by atoms with Crippen molar-refractivity contribution in [2.24, 2.45) is 11.5 Å². The maximum Gasteiger partial charge on any atom is 0.241 e. The molecule has 0 saturated heterocycles. The Morgan fingerprint density at radius 2 is 1.37 bits per heavy atom. The normalized spacial score (nSPS) is 12.4. The van der Waals surface area contributed by atoms with Crippen LogP contribution in [0.4, 0.5) is 5.69 Å². The Kier molecular flexibility index (Phi) is 8.98. The molecule has 0 spiro atoms. The maximum absolute atomic E-state index is 11.4. The molecule has 2 aromatic rings. The molecule has 0 aromatic heterocycles. The van der Waals surface area contributed by atoms with Crippen LogP contribution >= 0.6 is 0 Å². The number of carbonyl (C=O) groups excluding carboxylic acids is 1. The van der Waals surface area contributed by atoms with Crippen LogP contribution in [0.25, 0.3) is 0 Å². The van der Waals surface area contributed by atoms with Gasteiger partial charge >= 0.3 is 0 Å². The molecule has 27 heavy (non-hydrogen) atoms. The van der Waals surface area contributed by atoms with Gasteiger partial charge in [0, 0.05) is 11.7 Å². The number of nitrogens with two attached hydrogens (primary N) is 2. The number of para-hydroxylation sites is 2. The quantitative estimate of drug-likeness (QED) is 0.749. The highest BCUT2D eigenvalue weighted by Gasteiger charge is 2.10. The Hall–Kier alpha value is -2.37. The molecule has 5 nitrogen and oxygen atoms in total. The van der Waals surface area contributed by atoms with Gasteiger partial charge in [-0.3, -0.25) is 4.79 Å². The summed E-state index contributed by atoms with van der Waals surface area (Å²) >= 11 is 0. The third kappa shape index (κ3) is 7.41. The van der Waals surface area contributed by atoms with E-state index in [1.165, 1.54) is 11.1 Å². The number of nitrogens with one attached hydrogen (secondary N) is 1. The van der Waals surface area contributed by atoms with Gasteiger partial charge in [-0.15, -0.1) is 0 Å². The first kappa shape index (κ1) is 22.7. The Balaban J connectivity index is 0.000000271. The number of anilines is 1. The lowest BCUT2D eigenvalue weighted by Crippen LogP contribution is -2.32. The molecular formula is C22H33N3O2. The summed E-state index contributed by atoms with van der Waals surface area (Å²) in [6.45, 7) is 12.2. The van der Waals surface area contributed by atoms with E-state index in [4.69, 9.17) is 16.2 Å². The summed E-state index contributed by atoms with van der Waals surface area (Å²) in [6, 6.07) is 11.6. The maximum atomic E-state index is 11.4. The van der Waals surface area contributed by atoms with Gasteiger partial charge in [0.15, 0.2) is 0 Å². The summed E-state index contributed by atoms with van der Waals surface area (Å²) in [4.78, 5) is 11.4. The highest BCUT2D eigenvalue weighted by atomic mass is 16.5. The minimum atomic E-state index is -0.478. The average Bonchev–Trinajstić information content (AvgIpc) is 2.58. The summed E-state index contributed by atoms with van der Waals surface area (Å²) in [5.41, 5.74) is 16.4. The van der Waals surface area contributed by atoms with E-state index < -0.39 is 6.04 Å². The third-order valence-corrected chi connectivity index (χ3v) is 4.04. The average molecular weight is 372 g/mol. The molecule has 5 heteroatoms. The zero-order valence-electron chi connectivity index (χ0n) is 17.3. The largest absolute Gasteiger partial charge is 0.491 e. The van der Waals surface area contributed by atoms with E-state index >= 15 is 0 Å². The van der Waals surface area contributed by atoms with Gasteiger partial charge in [0.05, 0.1) is 6.04 Å². The molecule has 1 amide bonds. The Labute approximate surface area is 163 Å². The molecule has 0 heterocycles. The van der Waals surface area contributed by atoms with E-state index in [0.717, 1.165) is 22.6 Å². The van der Waals surface area contributed by atoms with Crippen molar-refractivity contribution in [3.63, 3.8) is 0 Å². The number of benzene rings is 2. The van der Waals surface area contributed by atoms with Crippen molar-refractivity contribution in [3.8, 4) is 5.75 Å². The SMILES string of the molecule is Cc1cccc(C)c1NC(=O)C(C)N.Cc1cccc(C)c1OCC(C)N.